The van der Waals surface area contributed by atoms with E-state index in [4.69, 9.17) is 5.73 Å². The fourth-order valence-electron chi connectivity index (χ4n) is 1.86. The second kappa shape index (κ2) is 3.85. The van der Waals surface area contributed by atoms with E-state index in [0.717, 1.165) is 22.5 Å². The Kier molecular flexibility index (Phi) is 2.52. The van der Waals surface area contributed by atoms with Crippen LogP contribution in [0.15, 0.2) is 30.3 Å². The van der Waals surface area contributed by atoms with Crippen molar-refractivity contribution in [2.45, 2.75) is 13.8 Å². The number of hydrogen-bond acceptors (Lipinski definition) is 1. The second-order valence-corrected chi connectivity index (χ2v) is 3.94. The summed E-state index contributed by atoms with van der Waals surface area (Å²) in [6.07, 6.45) is 0. The molecule has 3 N–H and O–H groups in total. The Morgan fingerprint density at radius 2 is 2.00 bits per heavy atom. The van der Waals surface area contributed by atoms with Gasteiger partial charge in [0.25, 0.3) is 0 Å². The van der Waals surface area contributed by atoms with E-state index < -0.39 is 5.91 Å². The van der Waals surface area contributed by atoms with Gasteiger partial charge >= 0.3 is 0 Å². The SMILES string of the molecule is Cc1cc(-c2cccc(C(N)=O)c2)c(C)[nH]1. The van der Waals surface area contributed by atoms with Gasteiger partial charge in [-0.15, -0.1) is 0 Å². The van der Waals surface area contributed by atoms with Crippen molar-refractivity contribution in [1.29, 1.82) is 0 Å². The van der Waals surface area contributed by atoms with Crippen LogP contribution in [0, 0.1) is 13.8 Å². The molecule has 0 atom stereocenters. The van der Waals surface area contributed by atoms with Gasteiger partial charge in [-0.3, -0.25) is 4.79 Å². The summed E-state index contributed by atoms with van der Waals surface area (Å²) in [5.41, 5.74) is 10.1. The van der Waals surface area contributed by atoms with Gasteiger partial charge in [-0.2, -0.15) is 0 Å². The average molecular weight is 214 g/mol. The number of carbonyl (C=O) groups is 1. The number of aryl methyl sites for hydroxylation is 2. The first-order valence-corrected chi connectivity index (χ1v) is 5.14. The molecule has 1 amide bonds. The molecule has 0 unspecified atom stereocenters. The van der Waals surface area contributed by atoms with Crippen LogP contribution in [0.4, 0.5) is 0 Å². The maximum Gasteiger partial charge on any atom is 0.248 e. The minimum absolute atomic E-state index is 0.397. The standard InChI is InChI=1S/C13H14N2O/c1-8-6-12(9(2)15-8)10-4-3-5-11(7-10)13(14)16/h3-7,15H,1-2H3,(H2,14,16). The number of nitrogens with two attached hydrogens (primary N) is 1. The molecule has 0 saturated carbocycles. The lowest BCUT2D eigenvalue weighted by Gasteiger charge is -2.02. The van der Waals surface area contributed by atoms with E-state index in [1.54, 1.807) is 6.07 Å². The highest BCUT2D eigenvalue weighted by molar-refractivity contribution is 5.94. The monoisotopic (exact) mass is 214 g/mol. The second-order valence-electron chi connectivity index (χ2n) is 3.94. The molecular weight excluding hydrogens is 200 g/mol. The van der Waals surface area contributed by atoms with Crippen molar-refractivity contribution in [2.24, 2.45) is 5.73 Å². The van der Waals surface area contributed by atoms with Crippen LogP contribution >= 0.6 is 0 Å². The van der Waals surface area contributed by atoms with Crippen molar-refractivity contribution < 1.29 is 4.79 Å². The molecule has 1 aromatic carbocycles. The summed E-state index contributed by atoms with van der Waals surface area (Å²) < 4.78 is 0. The summed E-state index contributed by atoms with van der Waals surface area (Å²) in [5.74, 6) is -0.397. The predicted molar refractivity (Wildman–Crippen MR) is 64.2 cm³/mol. The molecule has 0 aliphatic heterocycles. The van der Waals surface area contributed by atoms with E-state index in [1.807, 2.05) is 32.0 Å². The molecule has 3 heteroatoms. The molecule has 2 rings (SSSR count). The molecule has 0 bridgehead atoms. The van der Waals surface area contributed by atoms with Crippen LogP contribution in [-0.4, -0.2) is 10.9 Å². The third kappa shape index (κ3) is 1.84. The Bertz CT molecular complexity index is 541. The molecule has 0 radical (unpaired) electrons. The quantitative estimate of drug-likeness (QED) is 0.792. The molecule has 16 heavy (non-hydrogen) atoms. The van der Waals surface area contributed by atoms with Gasteiger partial charge in [-0.05, 0) is 37.6 Å². The van der Waals surface area contributed by atoms with Crippen molar-refractivity contribution in [3.8, 4) is 11.1 Å². The van der Waals surface area contributed by atoms with Crippen molar-refractivity contribution in [1.82, 2.24) is 4.98 Å². The van der Waals surface area contributed by atoms with Crippen LogP contribution < -0.4 is 5.73 Å². The van der Waals surface area contributed by atoms with Crippen LogP contribution in [0.2, 0.25) is 0 Å². The first kappa shape index (κ1) is 10.5. The molecule has 0 aliphatic rings. The zero-order valence-electron chi connectivity index (χ0n) is 9.37. The molecule has 0 saturated heterocycles. The van der Waals surface area contributed by atoms with E-state index >= 15 is 0 Å². The van der Waals surface area contributed by atoms with Crippen molar-refractivity contribution in [3.63, 3.8) is 0 Å². The summed E-state index contributed by atoms with van der Waals surface area (Å²) in [7, 11) is 0. The van der Waals surface area contributed by atoms with Gasteiger partial charge in [0.2, 0.25) is 5.91 Å². The van der Waals surface area contributed by atoms with Crippen molar-refractivity contribution >= 4 is 5.91 Å². The molecule has 82 valence electrons. The number of nitrogens with one attached hydrogen (secondary N) is 1. The Morgan fingerprint density at radius 1 is 1.25 bits per heavy atom. The van der Waals surface area contributed by atoms with Crippen LogP contribution in [-0.2, 0) is 0 Å². The molecular formula is C13H14N2O. The topological polar surface area (TPSA) is 58.9 Å². The van der Waals surface area contributed by atoms with E-state index in [9.17, 15) is 4.79 Å². The summed E-state index contributed by atoms with van der Waals surface area (Å²) in [6, 6.07) is 9.42. The molecule has 1 aromatic heterocycles. The Balaban J connectivity index is 2.52. The number of hydrogen-bond donors (Lipinski definition) is 2. The van der Waals surface area contributed by atoms with Crippen LogP contribution in [0.1, 0.15) is 21.7 Å². The fraction of sp³-hybridized carbons (Fsp3) is 0.154. The fourth-order valence-corrected chi connectivity index (χ4v) is 1.86. The van der Waals surface area contributed by atoms with E-state index in [0.29, 0.717) is 5.56 Å². The zero-order valence-corrected chi connectivity index (χ0v) is 9.37. The number of amides is 1. The molecule has 0 fully saturated rings. The number of aromatic nitrogens is 1. The maximum atomic E-state index is 11.1. The third-order valence-corrected chi connectivity index (χ3v) is 2.61. The minimum Gasteiger partial charge on any atom is -0.366 e. The summed E-state index contributed by atoms with van der Waals surface area (Å²) in [6.45, 7) is 4.02. The highest BCUT2D eigenvalue weighted by atomic mass is 16.1. The lowest BCUT2D eigenvalue weighted by molar-refractivity contribution is 0.100. The average Bonchev–Trinajstić information content (AvgIpc) is 2.58. The van der Waals surface area contributed by atoms with Crippen LogP contribution in [0.25, 0.3) is 11.1 Å². The maximum absolute atomic E-state index is 11.1. The zero-order chi connectivity index (χ0) is 11.7. The van der Waals surface area contributed by atoms with Gasteiger partial charge in [0.1, 0.15) is 0 Å². The van der Waals surface area contributed by atoms with Gasteiger partial charge in [0.05, 0.1) is 0 Å². The van der Waals surface area contributed by atoms with Gasteiger partial charge in [0.15, 0.2) is 0 Å². The molecule has 3 nitrogen and oxygen atoms in total. The van der Waals surface area contributed by atoms with Gasteiger partial charge in [-0.1, -0.05) is 12.1 Å². The summed E-state index contributed by atoms with van der Waals surface area (Å²) >= 11 is 0. The number of primary amides is 1. The Hall–Kier alpha value is -2.03. The van der Waals surface area contributed by atoms with Crippen molar-refractivity contribution in [3.05, 3.63) is 47.3 Å². The smallest absolute Gasteiger partial charge is 0.248 e. The molecule has 2 aromatic rings. The molecule has 0 spiro atoms. The number of H-pyrrole nitrogens is 1. The van der Waals surface area contributed by atoms with Gasteiger partial charge in [0, 0.05) is 22.5 Å². The molecule has 1 heterocycles. The minimum atomic E-state index is -0.397. The number of aromatic amines is 1. The highest BCUT2D eigenvalue weighted by Gasteiger charge is 2.07. The van der Waals surface area contributed by atoms with Gasteiger partial charge < -0.3 is 10.7 Å². The predicted octanol–water partition coefficient (Wildman–Crippen LogP) is 2.40. The number of rotatable bonds is 2. The van der Waals surface area contributed by atoms with Crippen LogP contribution in [0.3, 0.4) is 0 Å². The van der Waals surface area contributed by atoms with E-state index in [1.165, 1.54) is 0 Å². The highest BCUT2D eigenvalue weighted by Crippen LogP contribution is 2.24. The number of benzene rings is 1. The summed E-state index contributed by atoms with van der Waals surface area (Å²) in [4.78, 5) is 14.3. The summed E-state index contributed by atoms with van der Waals surface area (Å²) in [5, 5.41) is 0. The van der Waals surface area contributed by atoms with E-state index in [2.05, 4.69) is 11.1 Å². The van der Waals surface area contributed by atoms with E-state index in [-0.39, 0.29) is 0 Å². The lowest BCUT2D eigenvalue weighted by Crippen LogP contribution is -2.10. The lowest BCUT2D eigenvalue weighted by atomic mass is 10.0. The first-order valence-electron chi connectivity index (χ1n) is 5.14. The van der Waals surface area contributed by atoms with Crippen LogP contribution in [0.5, 0.6) is 0 Å². The Labute approximate surface area is 94.3 Å². The largest absolute Gasteiger partial charge is 0.366 e. The van der Waals surface area contributed by atoms with Gasteiger partial charge in [-0.25, -0.2) is 0 Å². The Morgan fingerprint density at radius 3 is 2.56 bits per heavy atom. The first-order chi connectivity index (χ1) is 7.58. The number of carbonyl (C=O) groups excluding carboxylic acids is 1. The normalized spacial score (nSPS) is 10.4. The third-order valence-electron chi connectivity index (χ3n) is 2.61. The van der Waals surface area contributed by atoms with Crippen molar-refractivity contribution in [2.75, 3.05) is 0 Å². The molecule has 0 aliphatic carbocycles.